The van der Waals surface area contributed by atoms with E-state index in [4.69, 9.17) is 2.74 Å². The van der Waals surface area contributed by atoms with Crippen LogP contribution in [0, 0.1) is 5.89 Å². The van der Waals surface area contributed by atoms with Crippen molar-refractivity contribution >= 4 is 5.97 Å². The highest BCUT2D eigenvalue weighted by atomic mass is 16.5. The zero-order chi connectivity index (χ0) is 11.1. The van der Waals surface area contributed by atoms with Crippen LogP contribution in [0.4, 0.5) is 0 Å². The Morgan fingerprint density at radius 2 is 2.31 bits per heavy atom. The summed E-state index contributed by atoms with van der Waals surface area (Å²) in [5.41, 5.74) is 0.859. The molecule has 0 radical (unpaired) electrons. The molecule has 2 rings (SSSR count). The number of rotatable bonds is 2. The van der Waals surface area contributed by atoms with E-state index in [1.807, 2.05) is 30.3 Å². The Bertz CT molecular complexity index is 379. The van der Waals surface area contributed by atoms with Crippen LogP contribution < -0.4 is 0 Å². The van der Waals surface area contributed by atoms with Crippen LogP contribution in [0.2, 0.25) is 0 Å². The van der Waals surface area contributed by atoms with E-state index in [1.54, 1.807) is 0 Å². The first-order chi connectivity index (χ1) is 7.12. The van der Waals surface area contributed by atoms with Crippen LogP contribution in [0.25, 0.3) is 0 Å². The fourth-order valence-electron chi connectivity index (χ4n) is 1.38. The van der Waals surface area contributed by atoms with E-state index >= 15 is 0 Å². The third-order valence-electron chi connectivity index (χ3n) is 2.15. The van der Waals surface area contributed by atoms with Gasteiger partial charge in [0.25, 0.3) is 0 Å². The van der Waals surface area contributed by atoms with Gasteiger partial charge in [-0.05, 0) is 17.9 Å². The Labute approximate surface area is 80.3 Å². The average molecular weight is 178 g/mol. The Hall–Kier alpha value is -1.31. The molecule has 0 unspecified atom stereocenters. The van der Waals surface area contributed by atoms with Crippen molar-refractivity contribution in [3.05, 3.63) is 35.9 Å². The highest BCUT2D eigenvalue weighted by molar-refractivity contribution is 5.77. The fourth-order valence-corrected chi connectivity index (χ4v) is 1.38. The van der Waals surface area contributed by atoms with Crippen LogP contribution in [-0.2, 0) is 9.53 Å². The maximum Gasteiger partial charge on any atom is 0.309 e. The molecule has 1 fully saturated rings. The number of hydrogen-bond donors (Lipinski definition) is 0. The van der Waals surface area contributed by atoms with Gasteiger partial charge in [0.2, 0.25) is 0 Å². The van der Waals surface area contributed by atoms with Crippen molar-refractivity contribution in [2.24, 2.45) is 5.89 Å². The van der Waals surface area contributed by atoms with Gasteiger partial charge >= 0.3 is 5.97 Å². The number of hydrogen-bond acceptors (Lipinski definition) is 2. The van der Waals surface area contributed by atoms with Crippen LogP contribution in [0.3, 0.4) is 0 Å². The number of carbonyl (C=O) groups excluding carboxylic acids is 1. The summed E-state index contributed by atoms with van der Waals surface area (Å²) in [5.74, 6) is -2.38. The molecule has 2 nitrogen and oxygen atoms in total. The molecule has 1 saturated carbocycles. The monoisotopic (exact) mass is 178 g/mol. The molecule has 0 saturated heterocycles. The summed E-state index contributed by atoms with van der Waals surface area (Å²) in [6.07, 6.45) is -0.715. The summed E-state index contributed by atoms with van der Waals surface area (Å²) in [4.78, 5) is 11.4. The Morgan fingerprint density at radius 3 is 2.92 bits per heavy atom. The third kappa shape index (κ3) is 1.57. The van der Waals surface area contributed by atoms with Gasteiger partial charge in [-0.2, -0.15) is 0 Å². The highest BCUT2D eigenvalue weighted by Gasteiger charge is 2.44. The standard InChI is InChI=1S/C11H12O2/c1-13-11(12)10-7-9(10)8-5-3-2-4-6-8/h2-6,9-10H,7H2,1H3/t9-,10+/m1/s1/i7D,10D/t7-,9+,10-/m0. The van der Waals surface area contributed by atoms with Crippen molar-refractivity contribution < 1.29 is 12.3 Å². The molecule has 0 aliphatic heterocycles. The maximum absolute atomic E-state index is 11.4. The maximum atomic E-state index is 11.4. The van der Waals surface area contributed by atoms with Gasteiger partial charge in [0.05, 0.1) is 13.0 Å². The first-order valence-electron chi connectivity index (χ1n) is 5.25. The quantitative estimate of drug-likeness (QED) is 0.647. The van der Waals surface area contributed by atoms with E-state index < -0.39 is 18.3 Å². The zero-order valence-electron chi connectivity index (χ0n) is 9.36. The summed E-state index contributed by atoms with van der Waals surface area (Å²) in [6.45, 7) is 0. The number of ether oxygens (including phenoxy) is 1. The molecule has 68 valence electrons. The molecule has 0 bridgehead atoms. The van der Waals surface area contributed by atoms with Crippen molar-refractivity contribution in [1.82, 2.24) is 0 Å². The average Bonchev–Trinajstić information content (AvgIpc) is 2.83. The largest absolute Gasteiger partial charge is 0.469 e. The summed E-state index contributed by atoms with van der Waals surface area (Å²) < 4.78 is 20.1. The van der Waals surface area contributed by atoms with E-state index in [0.29, 0.717) is 0 Å². The van der Waals surface area contributed by atoms with Gasteiger partial charge in [-0.1, -0.05) is 30.3 Å². The Morgan fingerprint density at radius 1 is 1.62 bits per heavy atom. The molecule has 1 aromatic carbocycles. The SMILES string of the molecule is [2H][C@H]1[C@H](c2ccccc2)[C@@]1([2H])C(=O)OC. The van der Waals surface area contributed by atoms with Crippen molar-refractivity contribution in [2.75, 3.05) is 7.11 Å². The molecule has 1 aromatic rings. The molecule has 0 N–H and O–H groups in total. The van der Waals surface area contributed by atoms with Gasteiger partial charge in [-0.25, -0.2) is 0 Å². The summed E-state index contributed by atoms with van der Waals surface area (Å²) in [6, 6.07) is 9.24. The minimum absolute atomic E-state index is 0.355. The van der Waals surface area contributed by atoms with E-state index in [0.717, 1.165) is 5.56 Å². The summed E-state index contributed by atoms with van der Waals surface area (Å²) in [7, 11) is 1.26. The molecular formula is C11H12O2. The van der Waals surface area contributed by atoms with Crippen molar-refractivity contribution in [2.45, 2.75) is 12.3 Å². The minimum atomic E-state index is -1.41. The predicted molar refractivity (Wildman–Crippen MR) is 49.3 cm³/mol. The molecule has 3 atom stereocenters. The van der Waals surface area contributed by atoms with Crippen LogP contribution in [0.1, 0.15) is 20.6 Å². The van der Waals surface area contributed by atoms with Gasteiger partial charge in [-0.15, -0.1) is 0 Å². The number of esters is 1. The first-order valence-corrected chi connectivity index (χ1v) is 4.18. The lowest BCUT2D eigenvalue weighted by Gasteiger charge is -1.98. The van der Waals surface area contributed by atoms with Crippen LogP contribution in [0.15, 0.2) is 30.3 Å². The second-order valence-corrected chi connectivity index (χ2v) is 3.00. The van der Waals surface area contributed by atoms with Crippen molar-refractivity contribution in [3.63, 3.8) is 0 Å². The molecule has 0 aromatic heterocycles. The molecule has 0 heterocycles. The fraction of sp³-hybridized carbons (Fsp3) is 0.364. The minimum Gasteiger partial charge on any atom is -0.469 e. The smallest absolute Gasteiger partial charge is 0.309 e. The molecule has 1 aliphatic rings. The van der Waals surface area contributed by atoms with Gasteiger partial charge < -0.3 is 4.74 Å². The third-order valence-corrected chi connectivity index (χ3v) is 2.15. The topological polar surface area (TPSA) is 26.3 Å². The lowest BCUT2D eigenvalue weighted by molar-refractivity contribution is -0.142. The predicted octanol–water partition coefficient (Wildman–Crippen LogP) is 1.96. The molecule has 0 spiro atoms. The van der Waals surface area contributed by atoms with Gasteiger partial charge in [-0.3, -0.25) is 4.79 Å². The highest BCUT2D eigenvalue weighted by Crippen LogP contribution is 2.47. The van der Waals surface area contributed by atoms with Gasteiger partial charge in [0.1, 0.15) is 0 Å². The van der Waals surface area contributed by atoms with E-state index in [2.05, 4.69) is 4.74 Å². The van der Waals surface area contributed by atoms with Crippen LogP contribution in [-0.4, -0.2) is 13.1 Å². The van der Waals surface area contributed by atoms with Crippen LogP contribution >= 0.6 is 0 Å². The van der Waals surface area contributed by atoms with Gasteiger partial charge in [0, 0.05) is 2.74 Å². The van der Waals surface area contributed by atoms with E-state index in [-0.39, 0.29) is 5.92 Å². The summed E-state index contributed by atoms with van der Waals surface area (Å²) >= 11 is 0. The Balaban J connectivity index is 2.26. The number of methoxy groups -OCH3 is 1. The number of benzene rings is 1. The summed E-state index contributed by atoms with van der Waals surface area (Å²) in [5, 5.41) is 0. The van der Waals surface area contributed by atoms with Gasteiger partial charge in [0.15, 0.2) is 0 Å². The zero-order valence-corrected chi connectivity index (χ0v) is 7.36. The second kappa shape index (κ2) is 3.21. The normalized spacial score (nSPS) is 38.8. The second-order valence-electron chi connectivity index (χ2n) is 3.00. The van der Waals surface area contributed by atoms with Crippen molar-refractivity contribution in [1.29, 1.82) is 0 Å². The van der Waals surface area contributed by atoms with Crippen molar-refractivity contribution in [3.8, 4) is 0 Å². The molecule has 13 heavy (non-hydrogen) atoms. The lowest BCUT2D eigenvalue weighted by atomic mass is 10.1. The molecular weight excluding hydrogens is 164 g/mol. The first kappa shape index (κ1) is 6.19. The number of carbonyl (C=O) groups is 1. The molecule has 1 aliphatic carbocycles. The Kier molecular flexibility index (Phi) is 1.53. The van der Waals surface area contributed by atoms with E-state index in [9.17, 15) is 4.79 Å². The van der Waals surface area contributed by atoms with E-state index in [1.165, 1.54) is 7.11 Å². The lowest BCUT2D eigenvalue weighted by Crippen LogP contribution is -2.03. The molecule has 2 heteroatoms. The van der Waals surface area contributed by atoms with Crippen LogP contribution in [0.5, 0.6) is 0 Å². The molecule has 0 amide bonds.